The number of aromatic nitrogens is 2. The fourth-order valence-corrected chi connectivity index (χ4v) is 2.48. The van der Waals surface area contributed by atoms with Crippen LogP contribution < -0.4 is 5.32 Å². The summed E-state index contributed by atoms with van der Waals surface area (Å²) < 4.78 is 2.15. The molecule has 1 heterocycles. The van der Waals surface area contributed by atoms with Gasteiger partial charge in [0.15, 0.2) is 0 Å². The van der Waals surface area contributed by atoms with E-state index >= 15 is 0 Å². The number of nitrogens with zero attached hydrogens (tertiary/aromatic N) is 2. The minimum absolute atomic E-state index is 0.849. The molecule has 1 N–H and O–H groups in total. The molecule has 3 nitrogen and oxygen atoms in total. The lowest BCUT2D eigenvalue weighted by Crippen LogP contribution is -2.14. The predicted octanol–water partition coefficient (Wildman–Crippen LogP) is 2.75. The molecule has 1 aromatic heterocycles. The van der Waals surface area contributed by atoms with Gasteiger partial charge >= 0.3 is 0 Å². The predicted molar refractivity (Wildman–Crippen MR) is 62.9 cm³/mol. The zero-order valence-electron chi connectivity index (χ0n) is 9.74. The minimum Gasteiger partial charge on any atom is -0.355 e. The molecule has 15 heavy (non-hydrogen) atoms. The lowest BCUT2D eigenvalue weighted by molar-refractivity contribution is 0.534. The van der Waals surface area contributed by atoms with E-state index in [1.165, 1.54) is 19.3 Å². The SMILES string of the molecule is CCn1ccnc1NCC1CCC(C)C1. The average molecular weight is 207 g/mol. The van der Waals surface area contributed by atoms with Gasteiger partial charge in [-0.2, -0.15) is 0 Å². The molecule has 0 saturated heterocycles. The highest BCUT2D eigenvalue weighted by molar-refractivity contribution is 5.25. The summed E-state index contributed by atoms with van der Waals surface area (Å²) in [6.07, 6.45) is 8.04. The van der Waals surface area contributed by atoms with Gasteiger partial charge in [-0.05, 0) is 31.6 Å². The first-order valence-corrected chi connectivity index (χ1v) is 6.04. The molecule has 1 saturated carbocycles. The van der Waals surface area contributed by atoms with Crippen molar-refractivity contribution < 1.29 is 0 Å². The van der Waals surface area contributed by atoms with Gasteiger partial charge in [-0.25, -0.2) is 4.98 Å². The maximum atomic E-state index is 4.32. The van der Waals surface area contributed by atoms with Gasteiger partial charge in [0.2, 0.25) is 5.95 Å². The fraction of sp³-hybridized carbons (Fsp3) is 0.750. The maximum Gasteiger partial charge on any atom is 0.202 e. The summed E-state index contributed by atoms with van der Waals surface area (Å²) in [5.41, 5.74) is 0. The van der Waals surface area contributed by atoms with Gasteiger partial charge in [-0.1, -0.05) is 13.3 Å². The molecule has 0 bridgehead atoms. The van der Waals surface area contributed by atoms with Gasteiger partial charge in [-0.15, -0.1) is 0 Å². The standard InChI is InChI=1S/C12H21N3/c1-3-15-7-6-13-12(15)14-9-11-5-4-10(2)8-11/h6-7,10-11H,3-5,8-9H2,1-2H3,(H,13,14). The van der Waals surface area contributed by atoms with Crippen molar-refractivity contribution in [2.45, 2.75) is 39.7 Å². The molecule has 0 aromatic carbocycles. The Hall–Kier alpha value is -0.990. The number of hydrogen-bond donors (Lipinski definition) is 1. The average Bonchev–Trinajstić information content (AvgIpc) is 2.83. The van der Waals surface area contributed by atoms with Crippen molar-refractivity contribution in [1.29, 1.82) is 0 Å². The second kappa shape index (κ2) is 4.69. The van der Waals surface area contributed by atoms with Crippen LogP contribution in [0.4, 0.5) is 5.95 Å². The van der Waals surface area contributed by atoms with Crippen LogP contribution in [0, 0.1) is 11.8 Å². The van der Waals surface area contributed by atoms with Gasteiger partial charge in [0.05, 0.1) is 0 Å². The Labute approximate surface area is 91.9 Å². The summed E-state index contributed by atoms with van der Waals surface area (Å²) in [5, 5.41) is 3.46. The molecule has 0 aliphatic heterocycles. The van der Waals surface area contributed by atoms with Crippen LogP contribution in [0.5, 0.6) is 0 Å². The second-order valence-electron chi connectivity index (χ2n) is 4.70. The molecule has 0 spiro atoms. The topological polar surface area (TPSA) is 29.9 Å². The van der Waals surface area contributed by atoms with Crippen LogP contribution in [0.25, 0.3) is 0 Å². The molecule has 3 heteroatoms. The summed E-state index contributed by atoms with van der Waals surface area (Å²) in [6.45, 7) is 6.57. The summed E-state index contributed by atoms with van der Waals surface area (Å²) in [7, 11) is 0. The van der Waals surface area contributed by atoms with Crippen LogP contribution in [-0.2, 0) is 6.54 Å². The Morgan fingerprint density at radius 3 is 3.07 bits per heavy atom. The van der Waals surface area contributed by atoms with E-state index in [1.807, 2.05) is 12.4 Å². The second-order valence-corrected chi connectivity index (χ2v) is 4.70. The summed E-state index contributed by atoms with van der Waals surface area (Å²) in [5.74, 6) is 2.79. The number of imidazole rings is 1. The highest BCUT2D eigenvalue weighted by atomic mass is 15.2. The molecule has 1 fully saturated rings. The lowest BCUT2D eigenvalue weighted by Gasteiger charge is -2.12. The summed E-state index contributed by atoms with van der Waals surface area (Å²) in [6, 6.07) is 0. The Morgan fingerprint density at radius 2 is 2.40 bits per heavy atom. The largest absolute Gasteiger partial charge is 0.355 e. The number of anilines is 1. The van der Waals surface area contributed by atoms with Crippen LogP contribution in [0.1, 0.15) is 33.1 Å². The summed E-state index contributed by atoms with van der Waals surface area (Å²) >= 11 is 0. The van der Waals surface area contributed by atoms with Crippen LogP contribution in [0.2, 0.25) is 0 Å². The van der Waals surface area contributed by atoms with E-state index in [0.29, 0.717) is 0 Å². The van der Waals surface area contributed by atoms with Crippen LogP contribution in [0.15, 0.2) is 12.4 Å². The Bertz CT molecular complexity index is 306. The lowest BCUT2D eigenvalue weighted by atomic mass is 10.1. The van der Waals surface area contributed by atoms with Crippen LogP contribution in [-0.4, -0.2) is 16.1 Å². The molecule has 84 valence electrons. The van der Waals surface area contributed by atoms with Gasteiger partial charge in [0.25, 0.3) is 0 Å². The highest BCUT2D eigenvalue weighted by Crippen LogP contribution is 2.30. The van der Waals surface area contributed by atoms with Crippen molar-refractivity contribution >= 4 is 5.95 Å². The van der Waals surface area contributed by atoms with E-state index < -0.39 is 0 Å². The molecule has 1 aromatic rings. The van der Waals surface area contributed by atoms with Crippen molar-refractivity contribution in [3.63, 3.8) is 0 Å². The molecule has 0 amide bonds. The van der Waals surface area contributed by atoms with E-state index in [2.05, 4.69) is 28.7 Å². The van der Waals surface area contributed by atoms with Gasteiger partial charge in [-0.3, -0.25) is 0 Å². The van der Waals surface area contributed by atoms with Gasteiger partial charge in [0.1, 0.15) is 0 Å². The molecule has 0 radical (unpaired) electrons. The zero-order chi connectivity index (χ0) is 10.7. The Balaban J connectivity index is 1.83. The summed E-state index contributed by atoms with van der Waals surface area (Å²) in [4.78, 5) is 4.32. The van der Waals surface area contributed by atoms with E-state index in [0.717, 1.165) is 30.9 Å². The van der Waals surface area contributed by atoms with E-state index in [-0.39, 0.29) is 0 Å². The maximum absolute atomic E-state index is 4.32. The third kappa shape index (κ3) is 2.52. The fourth-order valence-electron chi connectivity index (χ4n) is 2.48. The number of nitrogens with one attached hydrogen (secondary N) is 1. The molecule has 2 unspecified atom stereocenters. The smallest absolute Gasteiger partial charge is 0.202 e. The van der Waals surface area contributed by atoms with Crippen molar-refractivity contribution in [1.82, 2.24) is 9.55 Å². The first-order chi connectivity index (χ1) is 7.29. The molecular weight excluding hydrogens is 186 g/mol. The minimum atomic E-state index is 0.849. The van der Waals surface area contributed by atoms with E-state index in [9.17, 15) is 0 Å². The molecule has 1 aliphatic rings. The Kier molecular flexibility index (Phi) is 3.29. The monoisotopic (exact) mass is 207 g/mol. The quantitative estimate of drug-likeness (QED) is 0.822. The van der Waals surface area contributed by atoms with Crippen molar-refractivity contribution in [2.24, 2.45) is 11.8 Å². The van der Waals surface area contributed by atoms with Crippen molar-refractivity contribution in [2.75, 3.05) is 11.9 Å². The molecule has 1 aliphatic carbocycles. The first kappa shape index (κ1) is 10.5. The number of hydrogen-bond acceptors (Lipinski definition) is 2. The zero-order valence-corrected chi connectivity index (χ0v) is 9.74. The van der Waals surface area contributed by atoms with E-state index in [1.54, 1.807) is 0 Å². The van der Waals surface area contributed by atoms with Gasteiger partial charge in [0, 0.05) is 25.5 Å². The van der Waals surface area contributed by atoms with Crippen molar-refractivity contribution in [3.05, 3.63) is 12.4 Å². The first-order valence-electron chi connectivity index (χ1n) is 6.04. The number of rotatable bonds is 4. The molecule has 2 rings (SSSR count). The van der Waals surface area contributed by atoms with Crippen molar-refractivity contribution in [3.8, 4) is 0 Å². The van der Waals surface area contributed by atoms with Gasteiger partial charge < -0.3 is 9.88 Å². The normalized spacial score (nSPS) is 25.7. The Morgan fingerprint density at radius 1 is 1.53 bits per heavy atom. The molecule has 2 atom stereocenters. The molecular formula is C12H21N3. The van der Waals surface area contributed by atoms with Crippen LogP contribution in [0.3, 0.4) is 0 Å². The van der Waals surface area contributed by atoms with E-state index in [4.69, 9.17) is 0 Å². The third-order valence-corrected chi connectivity index (χ3v) is 3.41. The number of aryl methyl sites for hydroxylation is 1. The van der Waals surface area contributed by atoms with Crippen LogP contribution >= 0.6 is 0 Å². The third-order valence-electron chi connectivity index (χ3n) is 3.41. The highest BCUT2D eigenvalue weighted by Gasteiger charge is 2.21.